The molecule has 2 aliphatic rings. The van der Waals surface area contributed by atoms with Crippen molar-refractivity contribution < 1.29 is 4.79 Å². The molecule has 0 bridgehead atoms. The van der Waals surface area contributed by atoms with E-state index in [9.17, 15) is 4.79 Å². The molecule has 0 aromatic heterocycles. The first-order valence-corrected chi connectivity index (χ1v) is 8.67. The smallest absolute Gasteiger partial charge is 0.222 e. The lowest BCUT2D eigenvalue weighted by Gasteiger charge is -2.47. The predicted molar refractivity (Wildman–Crippen MR) is 87.0 cm³/mol. The van der Waals surface area contributed by atoms with E-state index in [1.54, 1.807) is 0 Å². The second-order valence-corrected chi connectivity index (χ2v) is 7.88. The first-order chi connectivity index (χ1) is 9.90. The zero-order chi connectivity index (χ0) is 15.5. The van der Waals surface area contributed by atoms with Gasteiger partial charge >= 0.3 is 0 Å². The van der Waals surface area contributed by atoms with Crippen LogP contribution in [0.25, 0.3) is 0 Å². The molecule has 4 heteroatoms. The molecule has 21 heavy (non-hydrogen) atoms. The van der Waals surface area contributed by atoms with Crippen molar-refractivity contribution in [1.29, 1.82) is 0 Å². The number of likely N-dealkylation sites (tertiary alicyclic amines) is 1. The van der Waals surface area contributed by atoms with Crippen LogP contribution in [0.5, 0.6) is 0 Å². The lowest BCUT2D eigenvalue weighted by molar-refractivity contribution is -0.124. The Balaban J connectivity index is 1.97. The molecular formula is C17H33N3O. The average molecular weight is 295 g/mol. The van der Waals surface area contributed by atoms with E-state index in [2.05, 4.69) is 10.2 Å². The molecular weight excluding hydrogens is 262 g/mol. The lowest BCUT2D eigenvalue weighted by atomic mass is 9.77. The molecule has 0 aromatic rings. The van der Waals surface area contributed by atoms with Gasteiger partial charge in [-0.25, -0.2) is 0 Å². The van der Waals surface area contributed by atoms with Gasteiger partial charge in [-0.2, -0.15) is 0 Å². The summed E-state index contributed by atoms with van der Waals surface area (Å²) in [4.78, 5) is 14.8. The Morgan fingerprint density at radius 2 is 1.90 bits per heavy atom. The van der Waals surface area contributed by atoms with Gasteiger partial charge in [0, 0.05) is 30.6 Å². The Kier molecular flexibility index (Phi) is 5.67. The Morgan fingerprint density at radius 1 is 1.24 bits per heavy atom. The maximum atomic E-state index is 12.2. The SMILES string of the molecule is CC(C)(C)NC(=O)CC(CN)N1CCCC2CCCCC21. The average Bonchev–Trinajstić information content (AvgIpc) is 2.42. The van der Waals surface area contributed by atoms with Crippen molar-refractivity contribution in [2.24, 2.45) is 11.7 Å². The maximum absolute atomic E-state index is 12.2. The van der Waals surface area contributed by atoms with Gasteiger partial charge in [-0.3, -0.25) is 9.69 Å². The number of amides is 1. The lowest BCUT2D eigenvalue weighted by Crippen LogP contribution is -2.55. The summed E-state index contributed by atoms with van der Waals surface area (Å²) in [6.45, 7) is 7.79. The van der Waals surface area contributed by atoms with Crippen molar-refractivity contribution in [3.8, 4) is 0 Å². The Hall–Kier alpha value is -0.610. The van der Waals surface area contributed by atoms with Crippen molar-refractivity contribution in [3.05, 3.63) is 0 Å². The zero-order valence-electron chi connectivity index (χ0n) is 14.0. The molecule has 3 N–H and O–H groups in total. The molecule has 4 nitrogen and oxygen atoms in total. The summed E-state index contributed by atoms with van der Waals surface area (Å²) < 4.78 is 0. The molecule has 1 saturated heterocycles. The largest absolute Gasteiger partial charge is 0.351 e. The van der Waals surface area contributed by atoms with Gasteiger partial charge in [-0.15, -0.1) is 0 Å². The van der Waals surface area contributed by atoms with Crippen LogP contribution in [0.15, 0.2) is 0 Å². The third-order valence-corrected chi connectivity index (χ3v) is 4.96. The molecule has 2 rings (SSSR count). The quantitative estimate of drug-likeness (QED) is 0.836. The minimum Gasteiger partial charge on any atom is -0.351 e. The van der Waals surface area contributed by atoms with E-state index in [-0.39, 0.29) is 17.5 Å². The number of piperidine rings is 1. The second kappa shape index (κ2) is 7.10. The van der Waals surface area contributed by atoms with Gasteiger partial charge < -0.3 is 11.1 Å². The van der Waals surface area contributed by atoms with Crippen LogP contribution in [0.1, 0.15) is 65.7 Å². The third kappa shape index (κ3) is 4.68. The minimum atomic E-state index is -0.161. The molecule has 1 aliphatic carbocycles. The van der Waals surface area contributed by atoms with E-state index in [4.69, 9.17) is 5.73 Å². The molecule has 0 spiro atoms. The van der Waals surface area contributed by atoms with Crippen LogP contribution in [0.4, 0.5) is 0 Å². The maximum Gasteiger partial charge on any atom is 0.222 e. The van der Waals surface area contributed by atoms with Crippen LogP contribution in [0, 0.1) is 5.92 Å². The number of hydrogen-bond acceptors (Lipinski definition) is 3. The highest BCUT2D eigenvalue weighted by Crippen LogP contribution is 2.36. The first-order valence-electron chi connectivity index (χ1n) is 8.67. The van der Waals surface area contributed by atoms with Gasteiger partial charge in [-0.05, 0) is 58.9 Å². The van der Waals surface area contributed by atoms with Crippen molar-refractivity contribution in [2.75, 3.05) is 13.1 Å². The molecule has 3 unspecified atom stereocenters. The van der Waals surface area contributed by atoms with E-state index in [0.29, 0.717) is 19.0 Å². The molecule has 0 radical (unpaired) electrons. The van der Waals surface area contributed by atoms with E-state index >= 15 is 0 Å². The third-order valence-electron chi connectivity index (χ3n) is 4.96. The molecule has 3 atom stereocenters. The number of carbonyl (C=O) groups is 1. The van der Waals surface area contributed by atoms with Crippen molar-refractivity contribution >= 4 is 5.91 Å². The highest BCUT2D eigenvalue weighted by molar-refractivity contribution is 5.77. The Labute approximate surface area is 129 Å². The second-order valence-electron chi connectivity index (χ2n) is 7.88. The van der Waals surface area contributed by atoms with E-state index in [1.165, 1.54) is 38.5 Å². The number of carbonyl (C=O) groups excluding carboxylic acids is 1. The van der Waals surface area contributed by atoms with Gasteiger partial charge in [0.05, 0.1) is 0 Å². The number of nitrogens with zero attached hydrogens (tertiary/aromatic N) is 1. The van der Waals surface area contributed by atoms with Crippen molar-refractivity contribution in [2.45, 2.75) is 83.3 Å². The standard InChI is InChI=1S/C17H33N3O/c1-17(2,3)19-16(21)11-14(12-18)20-10-6-8-13-7-4-5-9-15(13)20/h13-15H,4-12,18H2,1-3H3,(H,19,21). The van der Waals surface area contributed by atoms with Gasteiger partial charge in [0.1, 0.15) is 0 Å². The number of nitrogens with two attached hydrogens (primary N) is 1. The van der Waals surface area contributed by atoms with Crippen LogP contribution in [-0.4, -0.2) is 41.5 Å². The monoisotopic (exact) mass is 295 g/mol. The van der Waals surface area contributed by atoms with Crippen LogP contribution in [0.2, 0.25) is 0 Å². The fourth-order valence-corrected chi connectivity index (χ4v) is 4.14. The molecule has 2 fully saturated rings. The number of rotatable bonds is 4. The van der Waals surface area contributed by atoms with E-state index < -0.39 is 0 Å². The van der Waals surface area contributed by atoms with Crippen LogP contribution >= 0.6 is 0 Å². The molecule has 1 amide bonds. The molecule has 1 aliphatic heterocycles. The van der Waals surface area contributed by atoms with Gasteiger partial charge in [0.2, 0.25) is 5.91 Å². The summed E-state index contributed by atoms with van der Waals surface area (Å²) >= 11 is 0. The summed E-state index contributed by atoms with van der Waals surface area (Å²) in [6.07, 6.45) is 8.55. The van der Waals surface area contributed by atoms with Crippen LogP contribution < -0.4 is 11.1 Å². The Bertz CT molecular complexity index is 348. The summed E-state index contributed by atoms with van der Waals surface area (Å²) in [5, 5.41) is 3.07. The van der Waals surface area contributed by atoms with Crippen molar-refractivity contribution in [1.82, 2.24) is 10.2 Å². The normalized spacial score (nSPS) is 28.8. The van der Waals surface area contributed by atoms with E-state index in [1.807, 2.05) is 20.8 Å². The number of hydrogen-bond donors (Lipinski definition) is 2. The van der Waals surface area contributed by atoms with Crippen LogP contribution in [0.3, 0.4) is 0 Å². The molecule has 0 aromatic carbocycles. The topological polar surface area (TPSA) is 58.4 Å². The van der Waals surface area contributed by atoms with Crippen molar-refractivity contribution in [3.63, 3.8) is 0 Å². The van der Waals surface area contributed by atoms with Crippen LogP contribution in [-0.2, 0) is 4.79 Å². The predicted octanol–water partition coefficient (Wildman–Crippen LogP) is 2.27. The molecule has 1 heterocycles. The Morgan fingerprint density at radius 3 is 2.57 bits per heavy atom. The number of fused-ring (bicyclic) bond motifs is 1. The minimum absolute atomic E-state index is 0.135. The zero-order valence-corrected chi connectivity index (χ0v) is 14.0. The first kappa shape index (κ1) is 16.8. The van der Waals surface area contributed by atoms with Gasteiger partial charge in [0.25, 0.3) is 0 Å². The summed E-state index contributed by atoms with van der Waals surface area (Å²) in [7, 11) is 0. The highest BCUT2D eigenvalue weighted by Gasteiger charge is 2.36. The number of nitrogens with one attached hydrogen (secondary N) is 1. The fraction of sp³-hybridized carbons (Fsp3) is 0.941. The summed E-state index contributed by atoms with van der Waals surface area (Å²) in [5.41, 5.74) is 5.85. The summed E-state index contributed by atoms with van der Waals surface area (Å²) in [6, 6.07) is 0.877. The van der Waals surface area contributed by atoms with E-state index in [0.717, 1.165) is 12.5 Å². The van der Waals surface area contributed by atoms with Gasteiger partial charge in [0.15, 0.2) is 0 Å². The summed E-state index contributed by atoms with van der Waals surface area (Å²) in [5.74, 6) is 0.975. The molecule has 122 valence electrons. The molecule has 1 saturated carbocycles. The fourth-order valence-electron chi connectivity index (χ4n) is 4.14. The van der Waals surface area contributed by atoms with Gasteiger partial charge in [-0.1, -0.05) is 12.8 Å². The highest BCUT2D eigenvalue weighted by atomic mass is 16.1.